The van der Waals surface area contributed by atoms with Gasteiger partial charge >= 0.3 is 17.9 Å². The number of ether oxygens (including phenoxy) is 3. The number of hydrogen-bond donors (Lipinski definition) is 0. The molecule has 3 aliphatic rings. The number of hydrogen-bond acceptors (Lipinski definition) is 6. The van der Waals surface area contributed by atoms with Gasteiger partial charge in [-0.15, -0.1) is 0 Å². The van der Waals surface area contributed by atoms with Gasteiger partial charge in [-0.2, -0.15) is 0 Å². The van der Waals surface area contributed by atoms with E-state index in [0.29, 0.717) is 12.8 Å². The van der Waals surface area contributed by atoms with Crippen LogP contribution >= 0.6 is 0 Å². The number of fused-ring (bicyclic) bond motifs is 1. The minimum absolute atomic E-state index is 0.0279. The molecule has 0 amide bonds. The summed E-state index contributed by atoms with van der Waals surface area (Å²) in [7, 11) is 0. The van der Waals surface area contributed by atoms with Gasteiger partial charge < -0.3 is 14.2 Å². The Bertz CT molecular complexity index is 472. The second-order valence-corrected chi connectivity index (χ2v) is 5.60. The molecule has 1 saturated heterocycles. The zero-order chi connectivity index (χ0) is 14.5. The van der Waals surface area contributed by atoms with Crippen LogP contribution in [0, 0.1) is 23.2 Å². The molecule has 1 aliphatic heterocycles. The van der Waals surface area contributed by atoms with E-state index in [9.17, 15) is 14.4 Å². The molecule has 0 aromatic heterocycles. The van der Waals surface area contributed by atoms with Gasteiger partial charge in [-0.1, -0.05) is 0 Å². The lowest BCUT2D eigenvalue weighted by Crippen LogP contribution is -2.51. The van der Waals surface area contributed by atoms with Crippen LogP contribution in [0.15, 0.2) is 0 Å². The monoisotopic (exact) mass is 282 g/mol. The third kappa shape index (κ3) is 1.42. The molecule has 3 rings (SSSR count). The summed E-state index contributed by atoms with van der Waals surface area (Å²) in [5.74, 6) is -2.74. The highest BCUT2D eigenvalue weighted by atomic mass is 16.6. The maximum atomic E-state index is 12.4. The first-order chi connectivity index (χ1) is 9.57. The predicted molar refractivity (Wildman–Crippen MR) is 65.3 cm³/mol. The van der Waals surface area contributed by atoms with Crippen LogP contribution in [-0.2, 0) is 28.6 Å². The van der Waals surface area contributed by atoms with Gasteiger partial charge in [0, 0.05) is 5.92 Å². The maximum absolute atomic E-state index is 12.4. The standard InChI is InChI=1S/C14H18O6/c1-3-18-11(15)10-7-5-8-9(6-7)20-13(17)14(8,10)12(16)19-4-2/h7-10H,3-6H2,1-2H3. The van der Waals surface area contributed by atoms with E-state index in [2.05, 4.69) is 0 Å². The molecule has 5 unspecified atom stereocenters. The molecular weight excluding hydrogens is 264 g/mol. The molecule has 2 saturated carbocycles. The van der Waals surface area contributed by atoms with Gasteiger partial charge in [0.05, 0.1) is 19.1 Å². The highest BCUT2D eigenvalue weighted by Gasteiger charge is 2.78. The van der Waals surface area contributed by atoms with Crippen molar-refractivity contribution in [3.63, 3.8) is 0 Å². The highest BCUT2D eigenvalue weighted by Crippen LogP contribution is 2.65. The summed E-state index contributed by atoms with van der Waals surface area (Å²) in [6, 6.07) is 0. The molecule has 0 aromatic carbocycles. The molecular formula is C14H18O6. The molecule has 1 heterocycles. The van der Waals surface area contributed by atoms with Gasteiger partial charge in [-0.25, -0.2) is 0 Å². The topological polar surface area (TPSA) is 78.9 Å². The van der Waals surface area contributed by atoms with Crippen LogP contribution in [0.5, 0.6) is 0 Å². The first-order valence-corrected chi connectivity index (χ1v) is 7.12. The largest absolute Gasteiger partial charge is 0.466 e. The molecule has 6 heteroatoms. The van der Waals surface area contributed by atoms with Gasteiger partial charge in [-0.05, 0) is 32.6 Å². The average molecular weight is 282 g/mol. The summed E-state index contributed by atoms with van der Waals surface area (Å²) >= 11 is 0. The minimum Gasteiger partial charge on any atom is -0.466 e. The smallest absolute Gasteiger partial charge is 0.325 e. The van der Waals surface area contributed by atoms with Crippen LogP contribution < -0.4 is 0 Å². The van der Waals surface area contributed by atoms with Gasteiger partial charge in [0.25, 0.3) is 0 Å². The zero-order valence-corrected chi connectivity index (χ0v) is 11.6. The van der Waals surface area contributed by atoms with Crippen molar-refractivity contribution in [3.8, 4) is 0 Å². The number of esters is 3. The maximum Gasteiger partial charge on any atom is 0.325 e. The van der Waals surface area contributed by atoms with E-state index in [1.165, 1.54) is 0 Å². The molecule has 5 atom stereocenters. The van der Waals surface area contributed by atoms with E-state index in [1.807, 2.05) is 0 Å². The van der Waals surface area contributed by atoms with E-state index in [4.69, 9.17) is 14.2 Å². The van der Waals surface area contributed by atoms with Crippen molar-refractivity contribution in [1.29, 1.82) is 0 Å². The summed E-state index contributed by atoms with van der Waals surface area (Å²) in [5.41, 5.74) is -1.46. The molecule has 0 N–H and O–H groups in total. The SMILES string of the molecule is CCOC(=O)C1C2CC3OC(=O)C1(C(=O)OCC)C3C2. The summed E-state index contributed by atoms with van der Waals surface area (Å²) in [6.07, 6.45) is 1.04. The van der Waals surface area contributed by atoms with Crippen molar-refractivity contribution < 1.29 is 28.6 Å². The lowest BCUT2D eigenvalue weighted by Gasteiger charge is -2.32. The first kappa shape index (κ1) is 13.4. The Morgan fingerprint density at radius 3 is 2.60 bits per heavy atom. The number of rotatable bonds is 4. The highest BCUT2D eigenvalue weighted by molar-refractivity contribution is 6.07. The van der Waals surface area contributed by atoms with Crippen molar-refractivity contribution in [2.24, 2.45) is 23.2 Å². The van der Waals surface area contributed by atoms with Crippen molar-refractivity contribution >= 4 is 17.9 Å². The normalized spacial score (nSPS) is 40.6. The second-order valence-electron chi connectivity index (χ2n) is 5.60. The Balaban J connectivity index is 2.02. The van der Waals surface area contributed by atoms with Gasteiger partial charge in [-0.3, -0.25) is 14.4 Å². The Labute approximate surface area is 116 Å². The third-order valence-electron chi connectivity index (χ3n) is 4.84. The van der Waals surface area contributed by atoms with Crippen LogP contribution in [0.25, 0.3) is 0 Å². The average Bonchev–Trinajstić information content (AvgIpc) is 2.98. The van der Waals surface area contributed by atoms with E-state index in [0.717, 1.165) is 0 Å². The lowest BCUT2D eigenvalue weighted by atomic mass is 9.67. The minimum atomic E-state index is -1.46. The van der Waals surface area contributed by atoms with Crippen molar-refractivity contribution in [1.82, 2.24) is 0 Å². The lowest BCUT2D eigenvalue weighted by molar-refractivity contribution is -0.176. The van der Waals surface area contributed by atoms with Crippen LogP contribution in [-0.4, -0.2) is 37.2 Å². The predicted octanol–water partition coefficient (Wildman–Crippen LogP) is 0.680. The Morgan fingerprint density at radius 1 is 1.25 bits per heavy atom. The van der Waals surface area contributed by atoms with Crippen molar-refractivity contribution in [2.75, 3.05) is 13.2 Å². The Kier molecular flexibility index (Phi) is 2.99. The fraction of sp³-hybridized carbons (Fsp3) is 0.786. The van der Waals surface area contributed by atoms with Gasteiger partial charge in [0.15, 0.2) is 5.41 Å². The Hall–Kier alpha value is -1.59. The second kappa shape index (κ2) is 4.46. The summed E-state index contributed by atoms with van der Waals surface area (Å²) in [4.78, 5) is 37.0. The fourth-order valence-corrected chi connectivity index (χ4v) is 4.26. The van der Waals surface area contributed by atoms with Crippen LogP contribution in [0.3, 0.4) is 0 Å². The molecule has 0 spiro atoms. The Morgan fingerprint density at radius 2 is 1.95 bits per heavy atom. The van der Waals surface area contributed by atoms with Crippen LogP contribution in [0.2, 0.25) is 0 Å². The van der Waals surface area contributed by atoms with E-state index < -0.39 is 29.2 Å². The molecule has 20 heavy (non-hydrogen) atoms. The number of carbonyl (C=O) groups excluding carboxylic acids is 3. The van der Waals surface area contributed by atoms with E-state index in [-0.39, 0.29) is 31.2 Å². The molecule has 6 nitrogen and oxygen atoms in total. The summed E-state index contributed by atoms with van der Waals surface area (Å²) in [5, 5.41) is 0. The summed E-state index contributed by atoms with van der Waals surface area (Å²) < 4.78 is 15.5. The fourth-order valence-electron chi connectivity index (χ4n) is 4.26. The number of carbonyl (C=O) groups is 3. The van der Waals surface area contributed by atoms with Crippen LogP contribution in [0.1, 0.15) is 26.7 Å². The molecule has 3 fully saturated rings. The van der Waals surface area contributed by atoms with E-state index in [1.54, 1.807) is 13.8 Å². The molecule has 2 aliphatic carbocycles. The van der Waals surface area contributed by atoms with Crippen molar-refractivity contribution in [2.45, 2.75) is 32.8 Å². The zero-order valence-electron chi connectivity index (χ0n) is 11.6. The quantitative estimate of drug-likeness (QED) is 0.428. The summed E-state index contributed by atoms with van der Waals surface area (Å²) in [6.45, 7) is 3.78. The molecule has 0 radical (unpaired) electrons. The van der Waals surface area contributed by atoms with Crippen LogP contribution in [0.4, 0.5) is 0 Å². The van der Waals surface area contributed by atoms with Gasteiger partial charge in [0.1, 0.15) is 6.10 Å². The first-order valence-electron chi connectivity index (χ1n) is 7.12. The molecule has 2 bridgehead atoms. The molecule has 0 aromatic rings. The van der Waals surface area contributed by atoms with Gasteiger partial charge in [0.2, 0.25) is 0 Å². The van der Waals surface area contributed by atoms with E-state index >= 15 is 0 Å². The molecule has 110 valence electrons. The van der Waals surface area contributed by atoms with Crippen molar-refractivity contribution in [3.05, 3.63) is 0 Å². The third-order valence-corrected chi connectivity index (χ3v) is 4.84.